The molecule has 2 saturated heterocycles. The molecule has 2 N–H and O–H groups in total. The zero-order valence-corrected chi connectivity index (χ0v) is 21.2. The highest BCUT2D eigenvalue weighted by atomic mass is 127. The van der Waals surface area contributed by atoms with Crippen LogP contribution < -0.4 is 10.6 Å². The van der Waals surface area contributed by atoms with Gasteiger partial charge in [-0.15, -0.1) is 24.0 Å². The van der Waals surface area contributed by atoms with Gasteiger partial charge < -0.3 is 15.5 Å². The molecule has 0 radical (unpaired) electrons. The van der Waals surface area contributed by atoms with Gasteiger partial charge in [0.05, 0.1) is 0 Å². The first-order valence-corrected chi connectivity index (χ1v) is 11.4. The molecule has 1 aromatic rings. The van der Waals surface area contributed by atoms with Crippen LogP contribution in [0.25, 0.3) is 0 Å². The van der Waals surface area contributed by atoms with E-state index in [9.17, 15) is 0 Å². The van der Waals surface area contributed by atoms with Crippen LogP contribution in [0.15, 0.2) is 35.3 Å². The van der Waals surface area contributed by atoms with Crippen LogP contribution in [-0.2, 0) is 6.54 Å². The second-order valence-electron chi connectivity index (χ2n) is 8.36. The van der Waals surface area contributed by atoms with Crippen molar-refractivity contribution in [3.63, 3.8) is 0 Å². The average molecular weight is 529 g/mol. The van der Waals surface area contributed by atoms with Crippen molar-refractivity contribution in [2.24, 2.45) is 4.99 Å². The van der Waals surface area contributed by atoms with Crippen molar-refractivity contribution in [2.45, 2.75) is 38.8 Å². The van der Waals surface area contributed by atoms with Crippen molar-refractivity contribution in [3.05, 3.63) is 35.9 Å². The fourth-order valence-corrected chi connectivity index (χ4v) is 4.35. The van der Waals surface area contributed by atoms with Crippen LogP contribution >= 0.6 is 24.0 Å². The van der Waals surface area contributed by atoms with Gasteiger partial charge in [0.2, 0.25) is 0 Å². The van der Waals surface area contributed by atoms with Gasteiger partial charge in [-0.25, -0.2) is 0 Å². The minimum Gasteiger partial charge on any atom is -0.355 e. The summed E-state index contributed by atoms with van der Waals surface area (Å²) in [5, 5.41) is 7.15. The second kappa shape index (κ2) is 14.2. The van der Waals surface area contributed by atoms with E-state index in [1.54, 1.807) is 0 Å². The van der Waals surface area contributed by atoms with Crippen LogP contribution in [0.4, 0.5) is 0 Å². The lowest BCUT2D eigenvalue weighted by Gasteiger charge is -2.35. The Morgan fingerprint density at radius 2 is 1.57 bits per heavy atom. The summed E-state index contributed by atoms with van der Waals surface area (Å²) >= 11 is 0. The number of benzene rings is 1. The standard InChI is InChI=1S/C23H40N6.HI/c1-3-12-27-13-9-22(10-14-27)26-23(24-2)25-11-15-28-16-18-29(19-17-28)20-21-7-5-4-6-8-21;/h4-8,22H,3,9-20H2,1-2H3,(H2,24,25,26);1H. The third-order valence-electron chi connectivity index (χ3n) is 6.13. The number of aliphatic imine (C=N–C) groups is 1. The summed E-state index contributed by atoms with van der Waals surface area (Å²) in [5.74, 6) is 0.960. The Hall–Kier alpha value is -0.900. The predicted molar refractivity (Wildman–Crippen MR) is 138 cm³/mol. The van der Waals surface area contributed by atoms with Crippen LogP contribution in [0.1, 0.15) is 31.7 Å². The highest BCUT2D eigenvalue weighted by Crippen LogP contribution is 2.10. The fraction of sp³-hybridized carbons (Fsp3) is 0.696. The number of hydrogen-bond donors (Lipinski definition) is 2. The van der Waals surface area contributed by atoms with Crippen LogP contribution in [-0.4, -0.2) is 92.7 Å². The Kier molecular flexibility index (Phi) is 12.0. The van der Waals surface area contributed by atoms with E-state index < -0.39 is 0 Å². The van der Waals surface area contributed by atoms with Crippen molar-refractivity contribution in [1.29, 1.82) is 0 Å². The number of hydrogen-bond acceptors (Lipinski definition) is 4. The molecule has 2 aliphatic heterocycles. The molecular weight excluding hydrogens is 487 g/mol. The Balaban J connectivity index is 0.00000320. The van der Waals surface area contributed by atoms with E-state index in [1.807, 2.05) is 7.05 Å². The number of guanidine groups is 1. The van der Waals surface area contributed by atoms with Gasteiger partial charge >= 0.3 is 0 Å². The maximum Gasteiger partial charge on any atom is 0.191 e. The molecule has 0 atom stereocenters. The van der Waals surface area contributed by atoms with Gasteiger partial charge in [0.25, 0.3) is 0 Å². The van der Waals surface area contributed by atoms with Gasteiger partial charge in [-0.1, -0.05) is 37.3 Å². The molecular formula is C23H41IN6. The monoisotopic (exact) mass is 528 g/mol. The molecule has 0 unspecified atom stereocenters. The summed E-state index contributed by atoms with van der Waals surface area (Å²) in [6.45, 7) is 13.6. The second-order valence-corrected chi connectivity index (χ2v) is 8.36. The van der Waals surface area contributed by atoms with Crippen molar-refractivity contribution in [1.82, 2.24) is 25.3 Å². The van der Waals surface area contributed by atoms with E-state index in [4.69, 9.17) is 0 Å². The first-order chi connectivity index (χ1) is 14.3. The number of likely N-dealkylation sites (tertiary alicyclic amines) is 1. The van der Waals surface area contributed by atoms with Crippen molar-refractivity contribution in [3.8, 4) is 0 Å². The van der Waals surface area contributed by atoms with E-state index in [-0.39, 0.29) is 24.0 Å². The zero-order chi connectivity index (χ0) is 20.3. The van der Waals surface area contributed by atoms with Crippen LogP contribution in [0, 0.1) is 0 Å². The molecule has 0 aromatic heterocycles. The fourth-order valence-electron chi connectivity index (χ4n) is 4.35. The lowest BCUT2D eigenvalue weighted by atomic mass is 10.1. The zero-order valence-electron chi connectivity index (χ0n) is 18.9. The summed E-state index contributed by atoms with van der Waals surface area (Å²) in [6.07, 6.45) is 3.68. The summed E-state index contributed by atoms with van der Waals surface area (Å²) < 4.78 is 0. The number of halogens is 1. The smallest absolute Gasteiger partial charge is 0.191 e. The number of piperidine rings is 1. The highest BCUT2D eigenvalue weighted by Gasteiger charge is 2.20. The van der Waals surface area contributed by atoms with E-state index in [1.165, 1.54) is 44.5 Å². The van der Waals surface area contributed by atoms with E-state index in [2.05, 4.69) is 67.6 Å². The molecule has 2 heterocycles. The molecule has 0 aliphatic carbocycles. The molecule has 30 heavy (non-hydrogen) atoms. The molecule has 0 spiro atoms. The third kappa shape index (κ3) is 8.69. The first kappa shape index (κ1) is 25.4. The SMILES string of the molecule is CCCN1CCC(NC(=NC)NCCN2CCN(Cc3ccccc3)CC2)CC1.I. The number of nitrogens with one attached hydrogen (secondary N) is 2. The van der Waals surface area contributed by atoms with Gasteiger partial charge in [0.15, 0.2) is 5.96 Å². The molecule has 2 aliphatic rings. The molecule has 170 valence electrons. The van der Waals surface area contributed by atoms with E-state index >= 15 is 0 Å². The molecule has 6 nitrogen and oxygen atoms in total. The van der Waals surface area contributed by atoms with Gasteiger partial charge in [-0.2, -0.15) is 0 Å². The van der Waals surface area contributed by atoms with Crippen LogP contribution in [0.5, 0.6) is 0 Å². The first-order valence-electron chi connectivity index (χ1n) is 11.4. The Morgan fingerprint density at radius 3 is 2.20 bits per heavy atom. The minimum absolute atomic E-state index is 0. The van der Waals surface area contributed by atoms with Gasteiger partial charge in [-0.3, -0.25) is 14.8 Å². The minimum atomic E-state index is 0. The summed E-state index contributed by atoms with van der Waals surface area (Å²) in [6, 6.07) is 11.4. The molecule has 1 aromatic carbocycles. The topological polar surface area (TPSA) is 46.1 Å². The van der Waals surface area contributed by atoms with E-state index in [0.717, 1.165) is 51.8 Å². The molecule has 0 saturated carbocycles. The maximum absolute atomic E-state index is 4.43. The lowest BCUT2D eigenvalue weighted by molar-refractivity contribution is 0.129. The quantitative estimate of drug-likeness (QED) is 0.309. The van der Waals surface area contributed by atoms with Crippen molar-refractivity contribution < 1.29 is 0 Å². The molecule has 0 bridgehead atoms. The van der Waals surface area contributed by atoms with Gasteiger partial charge in [0.1, 0.15) is 0 Å². The van der Waals surface area contributed by atoms with Crippen LogP contribution in [0.2, 0.25) is 0 Å². The lowest BCUT2D eigenvalue weighted by Crippen LogP contribution is -2.51. The summed E-state index contributed by atoms with van der Waals surface area (Å²) in [7, 11) is 1.88. The number of piperazine rings is 1. The Labute approximate surface area is 200 Å². The third-order valence-corrected chi connectivity index (χ3v) is 6.13. The Bertz CT molecular complexity index is 595. The van der Waals surface area contributed by atoms with Gasteiger partial charge in [0, 0.05) is 72.0 Å². The molecule has 2 fully saturated rings. The predicted octanol–water partition coefficient (Wildman–Crippen LogP) is 2.46. The maximum atomic E-state index is 4.43. The average Bonchev–Trinajstić information content (AvgIpc) is 2.76. The molecule has 0 amide bonds. The number of nitrogens with zero attached hydrogens (tertiary/aromatic N) is 4. The summed E-state index contributed by atoms with van der Waals surface area (Å²) in [4.78, 5) is 12.1. The summed E-state index contributed by atoms with van der Waals surface area (Å²) in [5.41, 5.74) is 1.41. The highest BCUT2D eigenvalue weighted by molar-refractivity contribution is 14.0. The largest absolute Gasteiger partial charge is 0.355 e. The van der Waals surface area contributed by atoms with Crippen LogP contribution in [0.3, 0.4) is 0 Å². The molecule has 3 rings (SSSR count). The van der Waals surface area contributed by atoms with Crippen molar-refractivity contribution in [2.75, 3.05) is 66.0 Å². The van der Waals surface area contributed by atoms with Crippen molar-refractivity contribution >= 4 is 29.9 Å². The number of rotatable bonds is 8. The normalized spacial score (nSPS) is 20.0. The Morgan fingerprint density at radius 1 is 0.933 bits per heavy atom. The molecule has 7 heteroatoms. The van der Waals surface area contributed by atoms with Gasteiger partial charge in [-0.05, 0) is 31.4 Å². The van der Waals surface area contributed by atoms with E-state index in [0.29, 0.717) is 6.04 Å².